The molecule has 0 saturated heterocycles. The van der Waals surface area contributed by atoms with Crippen LogP contribution < -0.4 is 10.6 Å². The fourth-order valence-corrected chi connectivity index (χ4v) is 2.47. The average Bonchev–Trinajstić information content (AvgIpc) is 2.99. The molecule has 2 amide bonds. The first kappa shape index (κ1) is 15.7. The van der Waals surface area contributed by atoms with Gasteiger partial charge >= 0.3 is 0 Å². The van der Waals surface area contributed by atoms with Crippen LogP contribution >= 0.6 is 0 Å². The van der Waals surface area contributed by atoms with Gasteiger partial charge in [0.25, 0.3) is 11.8 Å². The molecule has 0 fully saturated rings. The van der Waals surface area contributed by atoms with E-state index < -0.39 is 0 Å². The molecule has 3 rings (SSSR count). The van der Waals surface area contributed by atoms with E-state index >= 15 is 0 Å². The van der Waals surface area contributed by atoms with Gasteiger partial charge in [-0.3, -0.25) is 14.6 Å². The van der Waals surface area contributed by atoms with Crippen molar-refractivity contribution in [3.05, 3.63) is 59.2 Å². The van der Waals surface area contributed by atoms with Gasteiger partial charge in [0.1, 0.15) is 11.3 Å². The number of hydrogen-bond donors (Lipinski definition) is 3. The van der Waals surface area contributed by atoms with Crippen LogP contribution in [0.3, 0.4) is 0 Å². The highest BCUT2D eigenvalue weighted by atomic mass is 16.2. The highest BCUT2D eigenvalue weighted by Crippen LogP contribution is 2.15. The number of aromatic amines is 1. The van der Waals surface area contributed by atoms with Gasteiger partial charge in [0.2, 0.25) is 0 Å². The molecule has 2 heterocycles. The quantitative estimate of drug-likeness (QED) is 0.678. The lowest BCUT2D eigenvalue weighted by atomic mass is 10.1. The highest BCUT2D eigenvalue weighted by molar-refractivity contribution is 6.04. The molecule has 0 spiro atoms. The second-order valence-corrected chi connectivity index (χ2v) is 5.37. The number of hydrogen-bond acceptors (Lipinski definition) is 4. The molecule has 7 nitrogen and oxygen atoms in total. The zero-order chi connectivity index (χ0) is 17.1. The lowest BCUT2D eigenvalue weighted by Crippen LogP contribution is -2.24. The predicted octanol–water partition coefficient (Wildman–Crippen LogP) is 1.56. The van der Waals surface area contributed by atoms with Crippen molar-refractivity contribution in [1.82, 2.24) is 25.6 Å². The number of H-pyrrole nitrogens is 1. The fourth-order valence-electron chi connectivity index (χ4n) is 2.47. The van der Waals surface area contributed by atoms with Gasteiger partial charge in [-0.2, -0.15) is 0 Å². The minimum absolute atomic E-state index is 0.163. The SMILES string of the molecule is CNC(=O)c1cccc(CNC(=O)c2cncc3[nH]c(C)nc23)c1. The normalized spacial score (nSPS) is 10.6. The van der Waals surface area contributed by atoms with Crippen molar-refractivity contribution in [1.29, 1.82) is 0 Å². The van der Waals surface area contributed by atoms with Crippen molar-refractivity contribution in [2.24, 2.45) is 0 Å². The molecule has 3 N–H and O–H groups in total. The molecule has 0 bridgehead atoms. The maximum absolute atomic E-state index is 12.4. The number of amides is 2. The molecular formula is C17H17N5O2. The van der Waals surface area contributed by atoms with Crippen LogP contribution in [0, 0.1) is 6.92 Å². The molecule has 2 aromatic heterocycles. The molecule has 0 saturated carbocycles. The number of carbonyl (C=O) groups excluding carboxylic acids is 2. The number of benzene rings is 1. The average molecular weight is 323 g/mol. The number of aryl methyl sites for hydroxylation is 1. The third-order valence-electron chi connectivity index (χ3n) is 3.63. The molecule has 122 valence electrons. The smallest absolute Gasteiger partial charge is 0.255 e. The van der Waals surface area contributed by atoms with E-state index in [4.69, 9.17) is 0 Å². The van der Waals surface area contributed by atoms with Crippen LogP contribution in [0.4, 0.5) is 0 Å². The zero-order valence-corrected chi connectivity index (χ0v) is 13.4. The highest BCUT2D eigenvalue weighted by Gasteiger charge is 2.13. The summed E-state index contributed by atoms with van der Waals surface area (Å²) >= 11 is 0. The minimum Gasteiger partial charge on any atom is -0.355 e. The van der Waals surface area contributed by atoms with E-state index in [1.165, 1.54) is 6.20 Å². The lowest BCUT2D eigenvalue weighted by molar-refractivity contribution is 0.0949. The number of nitrogens with zero attached hydrogens (tertiary/aromatic N) is 2. The van der Waals surface area contributed by atoms with E-state index in [1.807, 2.05) is 13.0 Å². The first-order valence-corrected chi connectivity index (χ1v) is 7.48. The Hall–Kier alpha value is -3.22. The van der Waals surface area contributed by atoms with Gasteiger partial charge < -0.3 is 15.6 Å². The molecule has 7 heteroatoms. The number of rotatable bonds is 4. The molecule has 0 aliphatic heterocycles. The van der Waals surface area contributed by atoms with Crippen LogP contribution in [0.1, 0.15) is 32.1 Å². The number of fused-ring (bicyclic) bond motifs is 1. The summed E-state index contributed by atoms with van der Waals surface area (Å²) in [5, 5.41) is 5.41. The van der Waals surface area contributed by atoms with Gasteiger partial charge in [-0.15, -0.1) is 0 Å². The van der Waals surface area contributed by atoms with Gasteiger partial charge in [-0.1, -0.05) is 12.1 Å². The molecule has 24 heavy (non-hydrogen) atoms. The monoisotopic (exact) mass is 323 g/mol. The standard InChI is InChI=1S/C17H17N5O2/c1-10-21-14-9-19-8-13(15(14)22-10)17(24)20-7-11-4-3-5-12(6-11)16(23)18-2/h3-6,8-9H,7H2,1-2H3,(H,18,23)(H,20,24)(H,21,22). The Bertz CT molecular complexity index is 916. The van der Waals surface area contributed by atoms with E-state index in [9.17, 15) is 9.59 Å². The van der Waals surface area contributed by atoms with Gasteiger partial charge in [-0.05, 0) is 24.6 Å². The summed E-state index contributed by atoms with van der Waals surface area (Å²) in [5.74, 6) is 0.305. The van der Waals surface area contributed by atoms with Crippen molar-refractivity contribution in [3.8, 4) is 0 Å². The van der Waals surface area contributed by atoms with E-state index in [-0.39, 0.29) is 11.8 Å². The lowest BCUT2D eigenvalue weighted by Gasteiger charge is -2.07. The molecule has 0 aliphatic carbocycles. The molecule has 3 aromatic rings. The Labute approximate surface area is 138 Å². The number of aromatic nitrogens is 3. The summed E-state index contributed by atoms with van der Waals surface area (Å²) in [6, 6.07) is 7.10. The van der Waals surface area contributed by atoms with E-state index in [1.54, 1.807) is 31.4 Å². The number of pyridine rings is 1. The van der Waals surface area contributed by atoms with Gasteiger partial charge in [-0.25, -0.2) is 4.98 Å². The molecule has 0 aliphatic rings. The summed E-state index contributed by atoms with van der Waals surface area (Å²) < 4.78 is 0. The number of imidazole rings is 1. The topological polar surface area (TPSA) is 99.8 Å². The Morgan fingerprint density at radius 1 is 1.21 bits per heavy atom. The summed E-state index contributed by atoms with van der Waals surface area (Å²) in [6.45, 7) is 2.13. The maximum Gasteiger partial charge on any atom is 0.255 e. The van der Waals surface area contributed by atoms with Crippen molar-refractivity contribution < 1.29 is 9.59 Å². The van der Waals surface area contributed by atoms with Crippen LogP contribution in [0.2, 0.25) is 0 Å². The summed E-state index contributed by atoms with van der Waals surface area (Å²) in [6.07, 6.45) is 3.14. The third kappa shape index (κ3) is 3.10. The van der Waals surface area contributed by atoms with Gasteiger partial charge in [0.05, 0.1) is 17.3 Å². The largest absolute Gasteiger partial charge is 0.355 e. The molecule has 0 radical (unpaired) electrons. The van der Waals surface area contributed by atoms with Crippen molar-refractivity contribution in [3.63, 3.8) is 0 Å². The first-order chi connectivity index (χ1) is 11.6. The Balaban J connectivity index is 1.77. The molecule has 0 atom stereocenters. The number of carbonyl (C=O) groups is 2. The maximum atomic E-state index is 12.4. The van der Waals surface area contributed by atoms with Crippen LogP contribution in [-0.4, -0.2) is 33.8 Å². The Kier molecular flexibility index (Phi) is 4.24. The molecular weight excluding hydrogens is 306 g/mol. The van der Waals surface area contributed by atoms with Crippen LogP contribution in [-0.2, 0) is 6.54 Å². The van der Waals surface area contributed by atoms with Gasteiger partial charge in [0.15, 0.2) is 0 Å². The van der Waals surface area contributed by atoms with E-state index in [0.717, 1.165) is 16.9 Å². The van der Waals surface area contributed by atoms with Crippen molar-refractivity contribution in [2.75, 3.05) is 7.05 Å². The van der Waals surface area contributed by atoms with Crippen LogP contribution in [0.15, 0.2) is 36.7 Å². The van der Waals surface area contributed by atoms with Crippen LogP contribution in [0.25, 0.3) is 11.0 Å². The zero-order valence-electron chi connectivity index (χ0n) is 13.4. The summed E-state index contributed by atoms with van der Waals surface area (Å²) in [7, 11) is 1.58. The molecule has 1 aromatic carbocycles. The van der Waals surface area contributed by atoms with Crippen LogP contribution in [0.5, 0.6) is 0 Å². The van der Waals surface area contributed by atoms with Crippen molar-refractivity contribution in [2.45, 2.75) is 13.5 Å². The Morgan fingerprint density at radius 3 is 2.83 bits per heavy atom. The number of nitrogens with one attached hydrogen (secondary N) is 3. The van der Waals surface area contributed by atoms with E-state index in [2.05, 4.69) is 25.6 Å². The minimum atomic E-state index is -0.259. The second-order valence-electron chi connectivity index (χ2n) is 5.37. The Morgan fingerprint density at radius 2 is 2.04 bits per heavy atom. The third-order valence-corrected chi connectivity index (χ3v) is 3.63. The van der Waals surface area contributed by atoms with Gasteiger partial charge in [0, 0.05) is 25.4 Å². The van der Waals surface area contributed by atoms with Crippen molar-refractivity contribution >= 4 is 22.8 Å². The van der Waals surface area contributed by atoms with E-state index in [0.29, 0.717) is 23.2 Å². The fraction of sp³-hybridized carbons (Fsp3) is 0.176. The second kappa shape index (κ2) is 6.49. The first-order valence-electron chi connectivity index (χ1n) is 7.48. The summed E-state index contributed by atoms with van der Waals surface area (Å²) in [4.78, 5) is 35.5. The molecule has 0 unspecified atom stereocenters. The summed E-state index contributed by atoms with van der Waals surface area (Å²) in [5.41, 5.74) is 3.12. The predicted molar refractivity (Wildman–Crippen MR) is 89.6 cm³/mol.